The molecule has 1 unspecified atom stereocenters. The quantitative estimate of drug-likeness (QED) is 0.695. The van der Waals surface area contributed by atoms with Crippen molar-refractivity contribution >= 4 is 10.0 Å². The lowest BCUT2D eigenvalue weighted by molar-refractivity contribution is 0.0979. The minimum Gasteiger partial charge on any atom is -0.377 e. The van der Waals surface area contributed by atoms with Crippen LogP contribution in [0.1, 0.15) is 32.6 Å². The summed E-state index contributed by atoms with van der Waals surface area (Å²) in [5, 5.41) is 0. The second-order valence-electron chi connectivity index (χ2n) is 4.09. The zero-order valence-electron chi connectivity index (χ0n) is 9.61. The van der Waals surface area contributed by atoms with Crippen LogP contribution in [0, 0.1) is 0 Å². The molecular weight excluding hydrogens is 214 g/mol. The zero-order chi connectivity index (χ0) is 11.3. The minimum absolute atomic E-state index is 0.103. The van der Waals surface area contributed by atoms with Crippen molar-refractivity contribution in [2.45, 2.75) is 38.7 Å². The molecule has 1 aliphatic rings. The molecule has 1 aliphatic heterocycles. The number of ether oxygens (including phenoxy) is 1. The maximum atomic E-state index is 11.7. The van der Waals surface area contributed by atoms with Crippen LogP contribution in [0.25, 0.3) is 0 Å². The van der Waals surface area contributed by atoms with Gasteiger partial charge < -0.3 is 4.74 Å². The van der Waals surface area contributed by atoms with E-state index in [1.54, 1.807) is 7.05 Å². The van der Waals surface area contributed by atoms with E-state index in [1.807, 2.05) is 6.92 Å². The fourth-order valence-corrected chi connectivity index (χ4v) is 3.03. The van der Waals surface area contributed by atoms with E-state index in [1.165, 1.54) is 4.31 Å². The standard InChI is InChI=1S/C10H21NO3S/c1-3-4-8-15(12,13)11(2)9-10-6-5-7-14-10/h10H,3-9H2,1-2H3. The molecule has 1 atom stereocenters. The van der Waals surface area contributed by atoms with Crippen LogP contribution in [-0.2, 0) is 14.8 Å². The first kappa shape index (κ1) is 12.9. The number of hydrogen-bond donors (Lipinski definition) is 0. The summed E-state index contributed by atoms with van der Waals surface area (Å²) < 4.78 is 30.4. The first-order chi connectivity index (χ1) is 7.06. The molecule has 1 saturated heterocycles. The number of rotatable bonds is 6. The Morgan fingerprint density at radius 1 is 1.47 bits per heavy atom. The van der Waals surface area contributed by atoms with E-state index in [2.05, 4.69) is 0 Å². The molecule has 15 heavy (non-hydrogen) atoms. The Bertz CT molecular complexity index is 270. The highest BCUT2D eigenvalue weighted by Gasteiger charge is 2.23. The Kier molecular flexibility index (Phi) is 5.02. The maximum Gasteiger partial charge on any atom is 0.213 e. The monoisotopic (exact) mass is 235 g/mol. The van der Waals surface area contributed by atoms with Crippen molar-refractivity contribution in [2.75, 3.05) is 26.0 Å². The summed E-state index contributed by atoms with van der Waals surface area (Å²) in [6, 6.07) is 0. The summed E-state index contributed by atoms with van der Waals surface area (Å²) in [7, 11) is -1.41. The molecule has 0 aromatic heterocycles. The summed E-state index contributed by atoms with van der Waals surface area (Å²) >= 11 is 0. The van der Waals surface area contributed by atoms with Crippen LogP contribution in [0.15, 0.2) is 0 Å². The van der Waals surface area contributed by atoms with Gasteiger partial charge in [0.2, 0.25) is 10.0 Å². The van der Waals surface area contributed by atoms with Gasteiger partial charge >= 0.3 is 0 Å². The lowest BCUT2D eigenvalue weighted by Gasteiger charge is -2.20. The van der Waals surface area contributed by atoms with Crippen LogP contribution in [-0.4, -0.2) is 44.8 Å². The van der Waals surface area contributed by atoms with Crippen LogP contribution in [0.5, 0.6) is 0 Å². The van der Waals surface area contributed by atoms with Gasteiger partial charge in [0, 0.05) is 20.2 Å². The van der Waals surface area contributed by atoms with E-state index >= 15 is 0 Å². The van der Waals surface area contributed by atoms with Crippen molar-refractivity contribution in [3.63, 3.8) is 0 Å². The van der Waals surface area contributed by atoms with Gasteiger partial charge in [0.1, 0.15) is 0 Å². The van der Waals surface area contributed by atoms with E-state index in [0.717, 1.165) is 32.3 Å². The van der Waals surface area contributed by atoms with Gasteiger partial charge in [0.05, 0.1) is 11.9 Å². The van der Waals surface area contributed by atoms with Crippen LogP contribution >= 0.6 is 0 Å². The highest BCUT2D eigenvalue weighted by Crippen LogP contribution is 2.14. The normalized spacial score (nSPS) is 22.5. The summed E-state index contributed by atoms with van der Waals surface area (Å²) in [4.78, 5) is 0. The first-order valence-electron chi connectivity index (χ1n) is 5.62. The van der Waals surface area contributed by atoms with Crippen molar-refractivity contribution in [2.24, 2.45) is 0 Å². The molecule has 5 heteroatoms. The molecule has 0 bridgehead atoms. The summed E-state index contributed by atoms with van der Waals surface area (Å²) in [5.41, 5.74) is 0. The van der Waals surface area contributed by atoms with Crippen molar-refractivity contribution in [1.29, 1.82) is 0 Å². The molecule has 0 saturated carbocycles. The molecule has 0 aromatic carbocycles. The average Bonchev–Trinajstić information content (AvgIpc) is 2.67. The maximum absolute atomic E-state index is 11.7. The number of hydrogen-bond acceptors (Lipinski definition) is 3. The smallest absolute Gasteiger partial charge is 0.213 e. The Hall–Kier alpha value is -0.130. The minimum atomic E-state index is -3.06. The van der Waals surface area contributed by atoms with E-state index < -0.39 is 10.0 Å². The van der Waals surface area contributed by atoms with Crippen LogP contribution in [0.2, 0.25) is 0 Å². The second-order valence-corrected chi connectivity index (χ2v) is 6.28. The molecule has 0 spiro atoms. The van der Waals surface area contributed by atoms with E-state index in [9.17, 15) is 8.42 Å². The second kappa shape index (κ2) is 5.82. The number of likely N-dealkylation sites (N-methyl/N-ethyl adjacent to an activating group) is 1. The van der Waals surface area contributed by atoms with Gasteiger partial charge in [-0.1, -0.05) is 13.3 Å². The molecule has 0 N–H and O–H groups in total. The Morgan fingerprint density at radius 3 is 2.73 bits per heavy atom. The number of nitrogens with zero attached hydrogens (tertiary/aromatic N) is 1. The molecule has 1 rings (SSSR count). The Morgan fingerprint density at radius 2 is 2.20 bits per heavy atom. The van der Waals surface area contributed by atoms with E-state index in [-0.39, 0.29) is 11.9 Å². The van der Waals surface area contributed by atoms with Crippen molar-refractivity contribution in [3.8, 4) is 0 Å². The fraction of sp³-hybridized carbons (Fsp3) is 1.00. The van der Waals surface area contributed by atoms with Gasteiger partial charge in [-0.25, -0.2) is 12.7 Å². The molecule has 90 valence electrons. The molecule has 0 aromatic rings. The lowest BCUT2D eigenvalue weighted by Crippen LogP contribution is -2.35. The Balaban J connectivity index is 2.40. The Labute approximate surface area is 92.7 Å². The van der Waals surface area contributed by atoms with E-state index in [0.29, 0.717) is 6.54 Å². The van der Waals surface area contributed by atoms with Crippen molar-refractivity contribution in [3.05, 3.63) is 0 Å². The van der Waals surface area contributed by atoms with Gasteiger partial charge in [0.15, 0.2) is 0 Å². The highest BCUT2D eigenvalue weighted by atomic mass is 32.2. The SMILES string of the molecule is CCCCS(=O)(=O)N(C)CC1CCCO1. The third-order valence-corrected chi connectivity index (χ3v) is 4.62. The lowest BCUT2D eigenvalue weighted by atomic mass is 10.2. The molecule has 1 heterocycles. The molecule has 1 fully saturated rings. The third kappa shape index (κ3) is 4.09. The summed E-state index contributed by atoms with van der Waals surface area (Å²) in [6.07, 6.45) is 3.78. The topological polar surface area (TPSA) is 46.6 Å². The van der Waals surface area contributed by atoms with Gasteiger partial charge in [-0.2, -0.15) is 0 Å². The van der Waals surface area contributed by atoms with Gasteiger partial charge in [-0.05, 0) is 19.3 Å². The average molecular weight is 235 g/mol. The number of unbranched alkanes of at least 4 members (excludes halogenated alkanes) is 1. The fourth-order valence-electron chi connectivity index (χ4n) is 1.67. The van der Waals surface area contributed by atoms with Crippen molar-refractivity contribution in [1.82, 2.24) is 4.31 Å². The van der Waals surface area contributed by atoms with E-state index in [4.69, 9.17) is 4.74 Å². The molecule has 0 amide bonds. The van der Waals surface area contributed by atoms with Crippen LogP contribution in [0.4, 0.5) is 0 Å². The predicted octanol–water partition coefficient (Wildman–Crippen LogP) is 1.23. The molecule has 0 radical (unpaired) electrons. The first-order valence-corrected chi connectivity index (χ1v) is 7.23. The largest absolute Gasteiger partial charge is 0.377 e. The molecule has 0 aliphatic carbocycles. The number of sulfonamides is 1. The van der Waals surface area contributed by atoms with Crippen LogP contribution < -0.4 is 0 Å². The summed E-state index contributed by atoms with van der Waals surface area (Å²) in [5.74, 6) is 0.257. The molecular formula is C10H21NO3S. The summed E-state index contributed by atoms with van der Waals surface area (Å²) in [6.45, 7) is 3.27. The van der Waals surface area contributed by atoms with Crippen LogP contribution in [0.3, 0.4) is 0 Å². The van der Waals surface area contributed by atoms with Crippen molar-refractivity contribution < 1.29 is 13.2 Å². The highest BCUT2D eigenvalue weighted by molar-refractivity contribution is 7.89. The van der Waals surface area contributed by atoms with Gasteiger partial charge in [0.25, 0.3) is 0 Å². The van der Waals surface area contributed by atoms with Gasteiger partial charge in [-0.15, -0.1) is 0 Å². The zero-order valence-corrected chi connectivity index (χ0v) is 10.4. The molecule has 4 nitrogen and oxygen atoms in total. The third-order valence-electron chi connectivity index (χ3n) is 2.72. The predicted molar refractivity (Wildman–Crippen MR) is 60.3 cm³/mol. The van der Waals surface area contributed by atoms with Gasteiger partial charge in [-0.3, -0.25) is 0 Å².